The lowest BCUT2D eigenvalue weighted by Crippen LogP contribution is -2.34. The minimum Gasteiger partial charge on any atom is -0.466 e. The molecule has 24 heavy (non-hydrogen) atoms. The van der Waals surface area contributed by atoms with E-state index in [1.807, 2.05) is 0 Å². The number of carbonyl (C=O) groups is 2. The normalized spacial score (nSPS) is 20.2. The fraction of sp³-hybridized carbons (Fsp3) is 0.444. The van der Waals surface area contributed by atoms with E-state index in [2.05, 4.69) is 0 Å². The Hall–Kier alpha value is -2.24. The van der Waals surface area contributed by atoms with Gasteiger partial charge >= 0.3 is 11.9 Å². The Labute approximate surface area is 139 Å². The second-order valence-electron chi connectivity index (χ2n) is 5.52. The monoisotopic (exact) mass is 338 g/mol. The molecule has 0 aromatic heterocycles. The Morgan fingerprint density at radius 1 is 1.04 bits per heavy atom. The third kappa shape index (κ3) is 3.99. The van der Waals surface area contributed by atoms with Gasteiger partial charge < -0.3 is 9.47 Å². The average molecular weight is 338 g/mol. The number of esters is 2. The van der Waals surface area contributed by atoms with Gasteiger partial charge in [0.05, 0.1) is 25.0 Å². The van der Waals surface area contributed by atoms with E-state index < -0.39 is 35.4 Å². The van der Waals surface area contributed by atoms with E-state index in [1.54, 1.807) is 19.9 Å². The predicted octanol–water partition coefficient (Wildman–Crippen LogP) is 3.50. The number of ether oxygens (including phenoxy) is 2. The van der Waals surface area contributed by atoms with Crippen LogP contribution in [-0.4, -0.2) is 25.2 Å². The van der Waals surface area contributed by atoms with Crippen LogP contribution in [0.3, 0.4) is 0 Å². The summed E-state index contributed by atoms with van der Waals surface area (Å²) in [6.07, 6.45) is 2.27. The molecule has 6 heteroatoms. The van der Waals surface area contributed by atoms with Gasteiger partial charge in [-0.2, -0.15) is 0 Å². The van der Waals surface area contributed by atoms with Gasteiger partial charge in [0.1, 0.15) is 0 Å². The highest BCUT2D eigenvalue weighted by molar-refractivity contribution is 5.86. The lowest BCUT2D eigenvalue weighted by atomic mass is 9.77. The van der Waals surface area contributed by atoms with E-state index in [0.29, 0.717) is 11.1 Å². The van der Waals surface area contributed by atoms with Crippen LogP contribution in [0.4, 0.5) is 8.78 Å². The molecular weight excluding hydrogens is 318 g/mol. The van der Waals surface area contributed by atoms with Gasteiger partial charge in [0.15, 0.2) is 11.6 Å². The molecule has 1 aliphatic rings. The maximum Gasteiger partial charge on any atom is 0.310 e. The van der Waals surface area contributed by atoms with Crippen LogP contribution >= 0.6 is 0 Å². The summed E-state index contributed by atoms with van der Waals surface area (Å²) in [7, 11) is 0. The number of carbonyl (C=O) groups excluding carboxylic acids is 2. The molecule has 0 unspecified atom stereocenters. The standard InChI is InChI=1S/C18H20F2O4/c1-3-23-17(21)13-7-5-11(9-14(13)18(22)24-4-2)12-6-8-15(19)16(20)10-12/h5-6,8,10,13-14H,3-4,7,9H2,1-2H3/t13-,14-/m0/s1. The van der Waals surface area contributed by atoms with E-state index in [-0.39, 0.29) is 26.1 Å². The van der Waals surface area contributed by atoms with Crippen LogP contribution in [0.1, 0.15) is 32.3 Å². The van der Waals surface area contributed by atoms with Crippen molar-refractivity contribution in [2.45, 2.75) is 26.7 Å². The molecule has 1 aliphatic carbocycles. The highest BCUT2D eigenvalue weighted by Gasteiger charge is 2.38. The number of benzene rings is 1. The van der Waals surface area contributed by atoms with Crippen LogP contribution in [0.25, 0.3) is 5.57 Å². The van der Waals surface area contributed by atoms with Gasteiger partial charge in [-0.05, 0) is 50.0 Å². The number of hydrogen-bond donors (Lipinski definition) is 0. The molecule has 0 saturated heterocycles. The van der Waals surface area contributed by atoms with Crippen molar-refractivity contribution in [1.82, 2.24) is 0 Å². The zero-order chi connectivity index (χ0) is 17.7. The molecule has 0 heterocycles. The van der Waals surface area contributed by atoms with Crippen molar-refractivity contribution in [1.29, 1.82) is 0 Å². The Kier molecular flexibility index (Phi) is 6.06. The van der Waals surface area contributed by atoms with Crippen LogP contribution in [0.2, 0.25) is 0 Å². The lowest BCUT2D eigenvalue weighted by molar-refractivity contribution is -0.160. The summed E-state index contributed by atoms with van der Waals surface area (Å²) in [6.45, 7) is 3.81. The Balaban J connectivity index is 2.28. The molecule has 1 aromatic carbocycles. The fourth-order valence-corrected chi connectivity index (χ4v) is 2.83. The zero-order valence-corrected chi connectivity index (χ0v) is 13.7. The molecule has 0 fully saturated rings. The minimum atomic E-state index is -0.950. The van der Waals surface area contributed by atoms with Crippen molar-refractivity contribution in [2.75, 3.05) is 13.2 Å². The first-order valence-corrected chi connectivity index (χ1v) is 7.95. The highest BCUT2D eigenvalue weighted by atomic mass is 19.2. The summed E-state index contributed by atoms with van der Waals surface area (Å²) in [6, 6.07) is 3.59. The molecule has 0 bridgehead atoms. The molecule has 0 N–H and O–H groups in total. The molecule has 0 spiro atoms. The second kappa shape index (κ2) is 8.04. The van der Waals surface area contributed by atoms with Crippen molar-refractivity contribution < 1.29 is 27.8 Å². The topological polar surface area (TPSA) is 52.6 Å². The fourth-order valence-electron chi connectivity index (χ4n) is 2.83. The van der Waals surface area contributed by atoms with Crippen LogP contribution in [0.5, 0.6) is 0 Å². The van der Waals surface area contributed by atoms with Gasteiger partial charge in [-0.25, -0.2) is 8.78 Å². The van der Waals surface area contributed by atoms with Gasteiger partial charge in [0.25, 0.3) is 0 Å². The third-order valence-electron chi connectivity index (χ3n) is 4.01. The number of rotatable bonds is 5. The van der Waals surface area contributed by atoms with Crippen molar-refractivity contribution in [3.8, 4) is 0 Å². The molecule has 0 radical (unpaired) electrons. The number of allylic oxidation sites excluding steroid dienone is 2. The van der Waals surface area contributed by atoms with Crippen molar-refractivity contribution >= 4 is 17.5 Å². The number of halogens is 2. The average Bonchev–Trinajstić information content (AvgIpc) is 2.57. The quantitative estimate of drug-likeness (QED) is 0.771. The summed E-state index contributed by atoms with van der Waals surface area (Å²) in [4.78, 5) is 24.3. The van der Waals surface area contributed by atoms with E-state index in [1.165, 1.54) is 6.07 Å². The van der Waals surface area contributed by atoms with Crippen molar-refractivity contribution in [2.24, 2.45) is 11.8 Å². The smallest absolute Gasteiger partial charge is 0.310 e. The zero-order valence-electron chi connectivity index (χ0n) is 13.7. The molecular formula is C18H20F2O4. The van der Waals surface area contributed by atoms with Crippen LogP contribution in [0.15, 0.2) is 24.3 Å². The molecule has 4 nitrogen and oxygen atoms in total. The van der Waals surface area contributed by atoms with E-state index >= 15 is 0 Å². The lowest BCUT2D eigenvalue weighted by Gasteiger charge is -2.28. The molecule has 2 rings (SSSR count). The summed E-state index contributed by atoms with van der Waals surface area (Å²) in [5.74, 6) is -4.13. The van der Waals surface area contributed by atoms with Gasteiger partial charge in [-0.15, -0.1) is 0 Å². The first-order chi connectivity index (χ1) is 11.5. The van der Waals surface area contributed by atoms with Gasteiger partial charge in [-0.3, -0.25) is 9.59 Å². The summed E-state index contributed by atoms with van der Waals surface area (Å²) in [5.41, 5.74) is 1.18. The maximum atomic E-state index is 13.4. The van der Waals surface area contributed by atoms with Crippen LogP contribution in [0, 0.1) is 23.5 Å². The van der Waals surface area contributed by atoms with E-state index in [9.17, 15) is 18.4 Å². The summed E-state index contributed by atoms with van der Waals surface area (Å²) < 4.78 is 36.6. The largest absolute Gasteiger partial charge is 0.466 e. The molecule has 1 aromatic rings. The molecule has 130 valence electrons. The first-order valence-electron chi connectivity index (χ1n) is 7.95. The molecule has 0 aliphatic heterocycles. The Bertz CT molecular complexity index is 654. The molecule has 0 amide bonds. The SMILES string of the molecule is CCOC(=O)[C@H]1CC=C(c2ccc(F)c(F)c2)C[C@@H]1C(=O)OCC. The summed E-state index contributed by atoms with van der Waals surface area (Å²) in [5, 5.41) is 0. The summed E-state index contributed by atoms with van der Waals surface area (Å²) >= 11 is 0. The second-order valence-corrected chi connectivity index (χ2v) is 5.52. The Morgan fingerprint density at radius 2 is 1.67 bits per heavy atom. The Morgan fingerprint density at radius 3 is 2.25 bits per heavy atom. The molecule has 0 saturated carbocycles. The molecule has 2 atom stereocenters. The predicted molar refractivity (Wildman–Crippen MR) is 83.8 cm³/mol. The van der Waals surface area contributed by atoms with Gasteiger partial charge in [-0.1, -0.05) is 12.1 Å². The van der Waals surface area contributed by atoms with Gasteiger partial charge in [0.2, 0.25) is 0 Å². The van der Waals surface area contributed by atoms with Crippen molar-refractivity contribution in [3.63, 3.8) is 0 Å². The number of hydrogen-bond acceptors (Lipinski definition) is 4. The third-order valence-corrected chi connectivity index (χ3v) is 4.01. The van der Waals surface area contributed by atoms with Crippen molar-refractivity contribution in [3.05, 3.63) is 41.5 Å². The van der Waals surface area contributed by atoms with E-state index in [0.717, 1.165) is 12.1 Å². The van der Waals surface area contributed by atoms with Gasteiger partial charge in [0, 0.05) is 0 Å². The van der Waals surface area contributed by atoms with E-state index in [4.69, 9.17) is 9.47 Å². The minimum absolute atomic E-state index is 0.203. The maximum absolute atomic E-state index is 13.4. The highest BCUT2D eigenvalue weighted by Crippen LogP contribution is 2.36. The van der Waals surface area contributed by atoms with Crippen LogP contribution < -0.4 is 0 Å². The van der Waals surface area contributed by atoms with Crippen LogP contribution in [-0.2, 0) is 19.1 Å². The first kappa shape index (κ1) is 18.1.